The van der Waals surface area contributed by atoms with Crippen LogP contribution in [0, 0.1) is 0 Å². The number of nitrogens with zero attached hydrogens (tertiary/aromatic N) is 1. The van der Waals surface area contributed by atoms with E-state index in [0.717, 1.165) is 13.0 Å². The second kappa shape index (κ2) is 6.38. The Balaban J connectivity index is 2.30. The van der Waals surface area contributed by atoms with Crippen molar-refractivity contribution in [3.8, 4) is 0 Å². The van der Waals surface area contributed by atoms with Gasteiger partial charge in [0.1, 0.15) is 4.90 Å². The van der Waals surface area contributed by atoms with Gasteiger partial charge in [-0.1, -0.05) is 19.1 Å². The predicted octanol–water partition coefficient (Wildman–Crippen LogP) is 2.70. The number of sulfonamides is 1. The quantitative estimate of drug-likeness (QED) is 0.858. The first kappa shape index (κ1) is 14.3. The van der Waals surface area contributed by atoms with E-state index in [2.05, 4.69) is 15.0 Å². The van der Waals surface area contributed by atoms with Gasteiger partial charge in [0.2, 0.25) is 0 Å². The second-order valence-corrected chi connectivity index (χ2v) is 5.92. The summed E-state index contributed by atoms with van der Waals surface area (Å²) in [5.41, 5.74) is 1.04. The molecule has 0 aliphatic carbocycles. The first-order valence-electron chi connectivity index (χ1n) is 6.39. The average Bonchev–Trinajstić information content (AvgIpc) is 2.46. The lowest BCUT2D eigenvalue weighted by molar-refractivity contribution is 0.601. The van der Waals surface area contributed by atoms with Gasteiger partial charge in [0.05, 0.1) is 17.6 Å². The minimum Gasteiger partial charge on any atom is -0.384 e. The van der Waals surface area contributed by atoms with Gasteiger partial charge in [0.25, 0.3) is 10.0 Å². The number of hydrogen-bond donors (Lipinski definition) is 2. The molecule has 20 heavy (non-hydrogen) atoms. The van der Waals surface area contributed by atoms with Crippen molar-refractivity contribution < 1.29 is 8.42 Å². The molecule has 2 aromatic rings. The lowest BCUT2D eigenvalue weighted by atomic mass is 10.3. The van der Waals surface area contributed by atoms with E-state index in [9.17, 15) is 8.42 Å². The highest BCUT2D eigenvalue weighted by atomic mass is 32.2. The van der Waals surface area contributed by atoms with Crippen molar-refractivity contribution in [2.24, 2.45) is 0 Å². The zero-order chi connectivity index (χ0) is 14.4. The van der Waals surface area contributed by atoms with Gasteiger partial charge in [0, 0.05) is 12.7 Å². The number of nitrogens with one attached hydrogen (secondary N) is 2. The van der Waals surface area contributed by atoms with Gasteiger partial charge in [-0.2, -0.15) is 0 Å². The van der Waals surface area contributed by atoms with Crippen molar-refractivity contribution in [2.45, 2.75) is 18.2 Å². The number of rotatable bonds is 6. The van der Waals surface area contributed by atoms with Crippen LogP contribution < -0.4 is 10.0 Å². The van der Waals surface area contributed by atoms with Gasteiger partial charge in [-0.05, 0) is 30.7 Å². The van der Waals surface area contributed by atoms with Gasteiger partial charge >= 0.3 is 0 Å². The summed E-state index contributed by atoms with van der Waals surface area (Å²) in [6, 6.07) is 10.2. The molecular weight excluding hydrogens is 274 g/mol. The normalized spacial score (nSPS) is 11.1. The smallest absolute Gasteiger partial charge is 0.264 e. The fraction of sp³-hybridized carbons (Fsp3) is 0.214. The molecular formula is C14H17N3O2S. The standard InChI is InChI=1S/C14H17N3O2S/c1-2-9-16-13-7-3-4-8-14(13)20(18,19)17-12-6-5-10-15-11-12/h3-8,10-11,16-17H,2,9H2,1H3. The summed E-state index contributed by atoms with van der Waals surface area (Å²) in [6.07, 6.45) is 3.98. The summed E-state index contributed by atoms with van der Waals surface area (Å²) in [6.45, 7) is 2.75. The first-order valence-corrected chi connectivity index (χ1v) is 7.87. The maximum atomic E-state index is 12.4. The van der Waals surface area contributed by atoms with Gasteiger partial charge in [-0.25, -0.2) is 8.42 Å². The monoisotopic (exact) mass is 291 g/mol. The van der Waals surface area contributed by atoms with Gasteiger partial charge in [0.15, 0.2) is 0 Å². The minimum absolute atomic E-state index is 0.234. The highest BCUT2D eigenvalue weighted by molar-refractivity contribution is 7.92. The molecule has 2 rings (SSSR count). The van der Waals surface area contributed by atoms with Crippen LogP contribution in [-0.4, -0.2) is 19.9 Å². The van der Waals surface area contributed by atoms with Crippen molar-refractivity contribution >= 4 is 21.4 Å². The van der Waals surface area contributed by atoms with E-state index in [1.807, 2.05) is 6.92 Å². The van der Waals surface area contributed by atoms with Gasteiger partial charge in [-0.3, -0.25) is 9.71 Å². The molecule has 0 bridgehead atoms. The zero-order valence-electron chi connectivity index (χ0n) is 11.2. The average molecular weight is 291 g/mol. The Morgan fingerprint density at radius 2 is 1.95 bits per heavy atom. The van der Waals surface area contributed by atoms with Crippen molar-refractivity contribution in [1.29, 1.82) is 0 Å². The Bertz CT molecular complexity index is 657. The molecule has 0 fully saturated rings. The number of hydrogen-bond acceptors (Lipinski definition) is 4. The Kier molecular flexibility index (Phi) is 4.57. The molecule has 0 saturated carbocycles. The van der Waals surface area contributed by atoms with E-state index in [1.165, 1.54) is 6.20 Å². The topological polar surface area (TPSA) is 71.1 Å². The van der Waals surface area contributed by atoms with Crippen LogP contribution in [-0.2, 0) is 10.0 Å². The molecule has 2 N–H and O–H groups in total. The van der Waals surface area contributed by atoms with Crippen LogP contribution in [0.4, 0.5) is 11.4 Å². The first-order chi connectivity index (χ1) is 9.63. The zero-order valence-corrected chi connectivity index (χ0v) is 12.0. The molecule has 5 nitrogen and oxygen atoms in total. The lowest BCUT2D eigenvalue weighted by Gasteiger charge is -2.13. The number of anilines is 2. The SMILES string of the molecule is CCCNc1ccccc1S(=O)(=O)Nc1cccnc1. The molecule has 0 spiro atoms. The highest BCUT2D eigenvalue weighted by Gasteiger charge is 2.18. The summed E-state index contributed by atoms with van der Waals surface area (Å²) in [5.74, 6) is 0. The van der Waals surface area contributed by atoms with Crippen molar-refractivity contribution in [2.75, 3.05) is 16.6 Å². The number of benzene rings is 1. The predicted molar refractivity (Wildman–Crippen MR) is 80.3 cm³/mol. The van der Waals surface area contributed by atoms with Crippen LogP contribution >= 0.6 is 0 Å². The maximum Gasteiger partial charge on any atom is 0.264 e. The van der Waals surface area contributed by atoms with Crippen LogP contribution in [0.2, 0.25) is 0 Å². The molecule has 106 valence electrons. The summed E-state index contributed by atoms with van der Waals surface area (Å²) in [5, 5.41) is 3.12. The van der Waals surface area contributed by atoms with Crippen molar-refractivity contribution in [3.63, 3.8) is 0 Å². The Hall–Kier alpha value is -2.08. The number of para-hydroxylation sites is 1. The molecule has 1 heterocycles. The molecule has 0 atom stereocenters. The minimum atomic E-state index is -3.63. The second-order valence-electron chi connectivity index (χ2n) is 4.27. The third-order valence-electron chi connectivity index (χ3n) is 2.66. The molecule has 6 heteroatoms. The lowest BCUT2D eigenvalue weighted by Crippen LogP contribution is -2.15. The molecule has 0 aliphatic rings. The van der Waals surface area contributed by atoms with Crippen molar-refractivity contribution in [3.05, 3.63) is 48.8 Å². The van der Waals surface area contributed by atoms with E-state index in [0.29, 0.717) is 11.4 Å². The van der Waals surface area contributed by atoms with Crippen LogP contribution in [0.1, 0.15) is 13.3 Å². The molecule has 1 aromatic carbocycles. The summed E-state index contributed by atoms with van der Waals surface area (Å²) in [4.78, 5) is 4.13. The van der Waals surface area contributed by atoms with Crippen LogP contribution in [0.3, 0.4) is 0 Å². The molecule has 0 aliphatic heterocycles. The largest absolute Gasteiger partial charge is 0.384 e. The highest BCUT2D eigenvalue weighted by Crippen LogP contribution is 2.23. The molecule has 0 amide bonds. The van der Waals surface area contributed by atoms with E-state index >= 15 is 0 Å². The number of aromatic nitrogens is 1. The third-order valence-corrected chi connectivity index (χ3v) is 4.10. The maximum absolute atomic E-state index is 12.4. The Labute approximate surface area is 119 Å². The van der Waals surface area contributed by atoms with Crippen LogP contribution in [0.25, 0.3) is 0 Å². The molecule has 0 saturated heterocycles. The van der Waals surface area contributed by atoms with E-state index in [1.54, 1.807) is 42.6 Å². The fourth-order valence-electron chi connectivity index (χ4n) is 1.74. The van der Waals surface area contributed by atoms with E-state index in [4.69, 9.17) is 0 Å². The summed E-state index contributed by atoms with van der Waals surface area (Å²) in [7, 11) is -3.63. The molecule has 1 aromatic heterocycles. The van der Waals surface area contributed by atoms with Gasteiger partial charge < -0.3 is 5.32 Å². The Morgan fingerprint density at radius 3 is 2.65 bits per heavy atom. The van der Waals surface area contributed by atoms with Crippen molar-refractivity contribution in [1.82, 2.24) is 4.98 Å². The Morgan fingerprint density at radius 1 is 1.15 bits per heavy atom. The fourth-order valence-corrected chi connectivity index (χ4v) is 2.97. The van der Waals surface area contributed by atoms with E-state index in [-0.39, 0.29) is 4.90 Å². The third kappa shape index (κ3) is 3.48. The van der Waals surface area contributed by atoms with Crippen LogP contribution in [0.15, 0.2) is 53.7 Å². The summed E-state index contributed by atoms with van der Waals surface area (Å²) < 4.78 is 27.3. The number of pyridine rings is 1. The van der Waals surface area contributed by atoms with Crippen LogP contribution in [0.5, 0.6) is 0 Å². The molecule has 0 radical (unpaired) electrons. The van der Waals surface area contributed by atoms with E-state index < -0.39 is 10.0 Å². The van der Waals surface area contributed by atoms with Gasteiger partial charge in [-0.15, -0.1) is 0 Å². The molecule has 0 unspecified atom stereocenters. The summed E-state index contributed by atoms with van der Waals surface area (Å²) >= 11 is 0.